The fourth-order valence-corrected chi connectivity index (χ4v) is 4.19. The van der Waals surface area contributed by atoms with Crippen molar-refractivity contribution in [1.29, 1.82) is 0 Å². The second-order valence-corrected chi connectivity index (χ2v) is 7.61. The Bertz CT molecular complexity index is 1280. The molecule has 3 aromatic carbocycles. The predicted molar refractivity (Wildman–Crippen MR) is 119 cm³/mol. The molecule has 154 valence electrons. The van der Waals surface area contributed by atoms with Crippen molar-refractivity contribution in [2.24, 2.45) is 0 Å². The third kappa shape index (κ3) is 3.58. The van der Waals surface area contributed by atoms with Crippen LogP contribution in [0.3, 0.4) is 0 Å². The fraction of sp³-hybridized carbons (Fsp3) is 0.0769. The molecule has 3 aliphatic heterocycles. The van der Waals surface area contributed by atoms with Gasteiger partial charge in [0, 0.05) is 13.1 Å². The molecule has 3 heterocycles. The van der Waals surface area contributed by atoms with E-state index >= 15 is 0 Å². The summed E-state index contributed by atoms with van der Waals surface area (Å²) in [6, 6.07) is 31.6. The molecule has 0 aromatic heterocycles. The van der Waals surface area contributed by atoms with Gasteiger partial charge in [-0.15, -0.1) is 23.5 Å². The van der Waals surface area contributed by atoms with Crippen molar-refractivity contribution in [3.05, 3.63) is 121 Å². The molecule has 0 N–H and O–H groups in total. The van der Waals surface area contributed by atoms with Crippen LogP contribution in [0.2, 0.25) is 0 Å². The first-order valence-corrected chi connectivity index (χ1v) is 10.1. The summed E-state index contributed by atoms with van der Waals surface area (Å²) in [7, 11) is 0. The molecule has 3 aliphatic rings. The van der Waals surface area contributed by atoms with E-state index in [9.17, 15) is 0 Å². The Morgan fingerprint density at radius 3 is 1.48 bits per heavy atom. The predicted octanol–water partition coefficient (Wildman–Crippen LogP) is 5.16. The minimum Gasteiger partial charge on any atom is -0.450 e. The summed E-state index contributed by atoms with van der Waals surface area (Å²) < 4.78 is 8.91. The number of aromatic nitrogens is 4. The Morgan fingerprint density at radius 1 is 0.613 bits per heavy atom. The number of hydrogen-bond donors (Lipinski definition) is 0. The molecule has 3 aromatic rings. The van der Waals surface area contributed by atoms with E-state index in [0.29, 0.717) is 0 Å². The Balaban J connectivity index is 0.00000204. The minimum absolute atomic E-state index is 0. The Morgan fingerprint density at radius 2 is 1.06 bits per heavy atom. The SMILES string of the molecule is [Pt+4].[c-]1ccccc1Cn1cc2c3ccccc3c3cn(Cc4[c-]cccc4)[cH-]n-3n-2[cH-]1. The molecule has 0 fully saturated rings. The Kier molecular flexibility index (Phi) is 5.17. The van der Waals surface area contributed by atoms with E-state index in [2.05, 4.69) is 104 Å². The van der Waals surface area contributed by atoms with Gasteiger partial charge < -0.3 is 18.5 Å². The molecule has 0 saturated carbocycles. The summed E-state index contributed by atoms with van der Waals surface area (Å²) in [6.45, 7) is 1.58. The third-order valence-corrected chi connectivity index (χ3v) is 5.55. The topological polar surface area (TPSA) is 19.7 Å². The molecule has 5 heteroatoms. The van der Waals surface area contributed by atoms with Crippen LogP contribution in [0.1, 0.15) is 11.1 Å². The van der Waals surface area contributed by atoms with E-state index in [0.717, 1.165) is 13.1 Å². The van der Waals surface area contributed by atoms with Crippen molar-refractivity contribution in [3.8, 4) is 11.4 Å². The molecule has 4 nitrogen and oxygen atoms in total. The molecule has 0 atom stereocenters. The molecule has 0 radical (unpaired) electrons. The van der Waals surface area contributed by atoms with Crippen LogP contribution in [0.5, 0.6) is 0 Å². The number of imidazole rings is 2. The number of fused-ring (bicyclic) bond motifs is 6. The normalized spacial score (nSPS) is 11.2. The van der Waals surface area contributed by atoms with E-state index in [1.54, 1.807) is 0 Å². The van der Waals surface area contributed by atoms with E-state index in [4.69, 9.17) is 0 Å². The van der Waals surface area contributed by atoms with Crippen molar-refractivity contribution < 1.29 is 21.1 Å². The van der Waals surface area contributed by atoms with Crippen LogP contribution in [-0.2, 0) is 34.2 Å². The van der Waals surface area contributed by atoms with Crippen LogP contribution in [-0.4, -0.2) is 18.5 Å². The summed E-state index contributed by atoms with van der Waals surface area (Å²) in [5, 5.41) is 2.50. The van der Waals surface area contributed by atoms with Crippen molar-refractivity contribution in [2.45, 2.75) is 13.1 Å². The standard InChI is InChI=1S/C26H20N4.Pt/c1-3-9-21(10-4-1)15-27-17-25-23-13-7-8-14-24(23)26-18-28(20-30(26)29(25)19-27)16-22-11-5-2-6-12-22;/h1-9,11,13-14,17-20H,15-16H2;/q-4;+4. The van der Waals surface area contributed by atoms with Gasteiger partial charge in [-0.3, -0.25) is 0 Å². The first-order chi connectivity index (χ1) is 14.8. The molecular weight excluding hydrogens is 563 g/mol. The van der Waals surface area contributed by atoms with E-state index in [1.807, 2.05) is 24.3 Å². The third-order valence-electron chi connectivity index (χ3n) is 5.55. The zero-order valence-electron chi connectivity index (χ0n) is 16.8. The maximum atomic E-state index is 3.32. The Labute approximate surface area is 195 Å². The van der Waals surface area contributed by atoms with Gasteiger partial charge in [-0.1, -0.05) is 46.4 Å². The van der Waals surface area contributed by atoms with Crippen LogP contribution >= 0.6 is 0 Å². The first-order valence-electron chi connectivity index (χ1n) is 10.1. The molecular formula is C26H20N4Pt. The van der Waals surface area contributed by atoms with Crippen LogP contribution in [0, 0.1) is 12.1 Å². The zero-order valence-corrected chi connectivity index (χ0v) is 19.0. The number of rotatable bonds is 4. The van der Waals surface area contributed by atoms with Crippen LogP contribution in [0.25, 0.3) is 22.1 Å². The van der Waals surface area contributed by atoms with Crippen molar-refractivity contribution >= 4 is 10.8 Å². The van der Waals surface area contributed by atoms with Crippen molar-refractivity contribution in [3.63, 3.8) is 0 Å². The molecule has 0 amide bonds. The quantitative estimate of drug-likeness (QED) is 0.256. The summed E-state index contributed by atoms with van der Waals surface area (Å²) in [5.41, 5.74) is 4.70. The van der Waals surface area contributed by atoms with Crippen molar-refractivity contribution in [2.75, 3.05) is 0 Å². The van der Waals surface area contributed by atoms with Gasteiger partial charge in [0.05, 0.1) is 0 Å². The van der Waals surface area contributed by atoms with Crippen LogP contribution in [0.15, 0.2) is 97.8 Å². The molecule has 6 rings (SSSR count). The number of benzene rings is 3. The second kappa shape index (κ2) is 8.13. The zero-order chi connectivity index (χ0) is 19.9. The van der Waals surface area contributed by atoms with E-state index in [1.165, 1.54) is 33.3 Å². The van der Waals surface area contributed by atoms with Gasteiger partial charge in [0.25, 0.3) is 0 Å². The summed E-state index contributed by atoms with van der Waals surface area (Å²) in [4.78, 5) is 0. The summed E-state index contributed by atoms with van der Waals surface area (Å²) in [6.07, 6.45) is 8.76. The van der Waals surface area contributed by atoms with E-state index in [-0.39, 0.29) is 21.1 Å². The largest absolute Gasteiger partial charge is 4.00 e. The molecule has 0 bridgehead atoms. The molecule has 0 saturated heterocycles. The maximum Gasteiger partial charge on any atom is 4.00 e. The second-order valence-electron chi connectivity index (χ2n) is 7.61. The van der Waals surface area contributed by atoms with E-state index < -0.39 is 0 Å². The number of nitrogens with zero attached hydrogens (tertiary/aromatic N) is 4. The fourth-order valence-electron chi connectivity index (χ4n) is 4.19. The average Bonchev–Trinajstić information content (AvgIpc) is 3.40. The van der Waals surface area contributed by atoms with Gasteiger partial charge in [-0.05, 0) is 12.7 Å². The molecule has 0 aliphatic carbocycles. The number of hydrogen-bond acceptors (Lipinski definition) is 0. The van der Waals surface area contributed by atoms with Crippen molar-refractivity contribution in [1.82, 2.24) is 18.5 Å². The summed E-state index contributed by atoms with van der Waals surface area (Å²) >= 11 is 0. The van der Waals surface area contributed by atoms with Gasteiger partial charge in [0.15, 0.2) is 0 Å². The van der Waals surface area contributed by atoms with Gasteiger partial charge in [-0.2, -0.15) is 60.7 Å². The maximum absolute atomic E-state index is 3.32. The monoisotopic (exact) mass is 583 g/mol. The van der Waals surface area contributed by atoms with Gasteiger partial charge in [0.1, 0.15) is 0 Å². The molecule has 0 spiro atoms. The average molecular weight is 584 g/mol. The smallest absolute Gasteiger partial charge is 0.450 e. The van der Waals surface area contributed by atoms with Crippen LogP contribution in [0.4, 0.5) is 0 Å². The molecule has 0 unspecified atom stereocenters. The molecule has 31 heavy (non-hydrogen) atoms. The Hall–Kier alpha value is -3.23. The first kappa shape index (κ1) is 19.7. The van der Waals surface area contributed by atoms with Gasteiger partial charge in [0.2, 0.25) is 0 Å². The van der Waals surface area contributed by atoms with Gasteiger partial charge in [-0.25, -0.2) is 0 Å². The van der Waals surface area contributed by atoms with Gasteiger partial charge >= 0.3 is 21.1 Å². The summed E-state index contributed by atoms with van der Waals surface area (Å²) in [5.74, 6) is 0. The van der Waals surface area contributed by atoms with Crippen LogP contribution < -0.4 is 0 Å². The minimum atomic E-state index is 0.